The van der Waals surface area contributed by atoms with Crippen molar-refractivity contribution in [2.45, 2.75) is 64.5 Å². The minimum Gasteiger partial charge on any atom is -0.374 e. The molecular formula is C20H27N5O3. The summed E-state index contributed by atoms with van der Waals surface area (Å²) in [7, 11) is 0. The summed E-state index contributed by atoms with van der Waals surface area (Å²) >= 11 is 0. The number of morpholine rings is 1. The molecule has 150 valence electrons. The Labute approximate surface area is 164 Å². The van der Waals surface area contributed by atoms with Crippen molar-refractivity contribution in [3.05, 3.63) is 28.7 Å². The summed E-state index contributed by atoms with van der Waals surface area (Å²) in [5, 5.41) is 4.25. The average molecular weight is 385 g/mol. The summed E-state index contributed by atoms with van der Waals surface area (Å²) in [6, 6.07) is 0.224. The molecule has 2 aromatic rings. The minimum absolute atomic E-state index is 0.178. The summed E-state index contributed by atoms with van der Waals surface area (Å²) in [6.45, 7) is 5.14. The van der Waals surface area contributed by atoms with Crippen LogP contribution < -0.4 is 5.73 Å². The highest BCUT2D eigenvalue weighted by molar-refractivity contribution is 5.98. The van der Waals surface area contributed by atoms with E-state index in [2.05, 4.69) is 10.1 Å². The molecule has 1 saturated heterocycles. The van der Waals surface area contributed by atoms with Crippen LogP contribution in [0.3, 0.4) is 0 Å². The predicted molar refractivity (Wildman–Crippen MR) is 103 cm³/mol. The standard InChI is InChI=1S/C20H27N5O3/c1-12-14(13(2)25-20(23-12)15(11-22-25)19(21)27)7-8-18(26)24-9-10-28-17-6-4-3-5-16(17)24/h11,16-17H,3-10H2,1-2H3,(H2,21,27). The highest BCUT2D eigenvalue weighted by atomic mass is 16.5. The fraction of sp³-hybridized carbons (Fsp3) is 0.600. The van der Waals surface area contributed by atoms with Crippen LogP contribution in [0.2, 0.25) is 0 Å². The molecule has 0 bridgehead atoms. The molecule has 2 unspecified atom stereocenters. The number of hydrogen-bond donors (Lipinski definition) is 1. The van der Waals surface area contributed by atoms with Gasteiger partial charge in [0.15, 0.2) is 5.65 Å². The molecule has 1 saturated carbocycles. The third-order valence-corrected chi connectivity index (χ3v) is 6.12. The molecule has 8 heteroatoms. The van der Waals surface area contributed by atoms with Crippen molar-refractivity contribution in [1.82, 2.24) is 19.5 Å². The first-order valence-electron chi connectivity index (χ1n) is 10.0. The normalized spacial score (nSPS) is 22.3. The highest BCUT2D eigenvalue weighted by Crippen LogP contribution is 2.29. The van der Waals surface area contributed by atoms with Crippen molar-refractivity contribution in [3.8, 4) is 0 Å². The number of aryl methyl sites for hydroxylation is 2. The number of aromatic nitrogens is 3. The van der Waals surface area contributed by atoms with Crippen LogP contribution in [0.1, 0.15) is 59.4 Å². The third kappa shape index (κ3) is 3.26. The number of hydrogen-bond acceptors (Lipinski definition) is 5. The molecule has 2 N–H and O–H groups in total. The van der Waals surface area contributed by atoms with Gasteiger partial charge in [-0.1, -0.05) is 12.8 Å². The number of nitrogens with two attached hydrogens (primary N) is 1. The van der Waals surface area contributed by atoms with Gasteiger partial charge in [-0.3, -0.25) is 9.59 Å². The molecule has 8 nitrogen and oxygen atoms in total. The van der Waals surface area contributed by atoms with Crippen molar-refractivity contribution in [3.63, 3.8) is 0 Å². The Balaban J connectivity index is 1.52. The van der Waals surface area contributed by atoms with Crippen LogP contribution in [0.4, 0.5) is 0 Å². The second kappa shape index (κ2) is 7.50. The summed E-state index contributed by atoms with van der Waals surface area (Å²) in [4.78, 5) is 31.1. The first-order valence-corrected chi connectivity index (χ1v) is 10.0. The zero-order chi connectivity index (χ0) is 19.8. The first-order chi connectivity index (χ1) is 13.5. The number of amides is 2. The van der Waals surface area contributed by atoms with Crippen LogP contribution >= 0.6 is 0 Å². The lowest BCUT2D eigenvalue weighted by Crippen LogP contribution is -2.54. The Hall–Kier alpha value is -2.48. The maximum absolute atomic E-state index is 13.0. The number of rotatable bonds is 4. The van der Waals surface area contributed by atoms with Gasteiger partial charge in [0.2, 0.25) is 5.91 Å². The largest absolute Gasteiger partial charge is 0.374 e. The Morgan fingerprint density at radius 3 is 2.86 bits per heavy atom. The summed E-state index contributed by atoms with van der Waals surface area (Å²) in [5.41, 5.74) is 8.87. The Kier molecular flexibility index (Phi) is 5.05. The number of carbonyl (C=O) groups is 2. The van der Waals surface area contributed by atoms with E-state index in [9.17, 15) is 9.59 Å². The maximum atomic E-state index is 13.0. The molecule has 0 aromatic carbocycles. The van der Waals surface area contributed by atoms with Crippen molar-refractivity contribution in [2.24, 2.45) is 5.73 Å². The van der Waals surface area contributed by atoms with Gasteiger partial charge in [0.25, 0.3) is 5.91 Å². The van der Waals surface area contributed by atoms with Gasteiger partial charge in [-0.15, -0.1) is 0 Å². The SMILES string of the molecule is Cc1nc2c(C(N)=O)cnn2c(C)c1CCC(=O)N1CCOC2CCCCC21. The van der Waals surface area contributed by atoms with Crippen molar-refractivity contribution in [1.29, 1.82) is 0 Å². The van der Waals surface area contributed by atoms with Gasteiger partial charge in [0.05, 0.1) is 24.9 Å². The molecule has 2 aliphatic rings. The molecule has 3 heterocycles. The predicted octanol–water partition coefficient (Wildman–Crippen LogP) is 1.55. The van der Waals surface area contributed by atoms with E-state index in [0.29, 0.717) is 37.2 Å². The van der Waals surface area contributed by atoms with Crippen LogP contribution in [0.15, 0.2) is 6.20 Å². The van der Waals surface area contributed by atoms with E-state index >= 15 is 0 Å². The van der Waals surface area contributed by atoms with Crippen LogP contribution in [0, 0.1) is 13.8 Å². The van der Waals surface area contributed by atoms with Gasteiger partial charge in [0, 0.05) is 24.4 Å². The van der Waals surface area contributed by atoms with Gasteiger partial charge in [-0.25, -0.2) is 9.50 Å². The summed E-state index contributed by atoms with van der Waals surface area (Å²) in [6.07, 6.45) is 7.11. The second-order valence-electron chi connectivity index (χ2n) is 7.77. The van der Waals surface area contributed by atoms with Crippen LogP contribution in [-0.4, -0.2) is 56.6 Å². The molecule has 0 spiro atoms. The Morgan fingerprint density at radius 2 is 2.07 bits per heavy atom. The van der Waals surface area contributed by atoms with Gasteiger partial charge in [0.1, 0.15) is 5.56 Å². The van der Waals surface area contributed by atoms with Gasteiger partial charge < -0.3 is 15.4 Å². The smallest absolute Gasteiger partial charge is 0.254 e. The number of nitrogens with zero attached hydrogens (tertiary/aromatic N) is 4. The number of carbonyl (C=O) groups excluding carboxylic acids is 2. The minimum atomic E-state index is -0.543. The van der Waals surface area contributed by atoms with Crippen molar-refractivity contribution < 1.29 is 14.3 Å². The van der Waals surface area contributed by atoms with Gasteiger partial charge >= 0.3 is 0 Å². The topological polar surface area (TPSA) is 103 Å². The second-order valence-corrected chi connectivity index (χ2v) is 7.77. The summed E-state index contributed by atoms with van der Waals surface area (Å²) in [5.74, 6) is -0.365. The van der Waals surface area contributed by atoms with Crippen LogP contribution in [0.25, 0.3) is 5.65 Å². The number of primary amides is 1. The maximum Gasteiger partial charge on any atom is 0.254 e. The molecule has 0 radical (unpaired) electrons. The summed E-state index contributed by atoms with van der Waals surface area (Å²) < 4.78 is 7.52. The van der Waals surface area contributed by atoms with E-state index in [0.717, 1.165) is 36.2 Å². The molecule has 4 rings (SSSR count). The molecule has 2 atom stereocenters. The van der Waals surface area contributed by atoms with E-state index in [1.807, 2.05) is 18.7 Å². The zero-order valence-electron chi connectivity index (χ0n) is 16.5. The lowest BCUT2D eigenvalue weighted by atomic mass is 9.90. The third-order valence-electron chi connectivity index (χ3n) is 6.12. The van der Waals surface area contributed by atoms with Crippen molar-refractivity contribution >= 4 is 17.5 Å². The van der Waals surface area contributed by atoms with E-state index in [-0.39, 0.29) is 18.1 Å². The van der Waals surface area contributed by atoms with Crippen LogP contribution in [0.5, 0.6) is 0 Å². The highest BCUT2D eigenvalue weighted by Gasteiger charge is 2.36. The molecular weight excluding hydrogens is 358 g/mol. The monoisotopic (exact) mass is 385 g/mol. The Morgan fingerprint density at radius 1 is 1.29 bits per heavy atom. The quantitative estimate of drug-likeness (QED) is 0.860. The molecule has 2 fully saturated rings. The lowest BCUT2D eigenvalue weighted by Gasteiger charge is -2.43. The first kappa shape index (κ1) is 18.9. The molecule has 28 heavy (non-hydrogen) atoms. The fourth-order valence-electron chi connectivity index (χ4n) is 4.63. The van der Waals surface area contributed by atoms with Gasteiger partial charge in [-0.2, -0.15) is 5.10 Å². The van der Waals surface area contributed by atoms with Crippen molar-refractivity contribution in [2.75, 3.05) is 13.2 Å². The van der Waals surface area contributed by atoms with E-state index < -0.39 is 5.91 Å². The van der Waals surface area contributed by atoms with E-state index in [4.69, 9.17) is 10.5 Å². The van der Waals surface area contributed by atoms with Gasteiger partial charge in [-0.05, 0) is 38.7 Å². The van der Waals surface area contributed by atoms with E-state index in [1.54, 1.807) is 4.52 Å². The number of ether oxygens (including phenoxy) is 1. The molecule has 1 aliphatic heterocycles. The zero-order valence-corrected chi connectivity index (χ0v) is 16.5. The molecule has 2 aromatic heterocycles. The average Bonchev–Trinajstić information content (AvgIpc) is 3.11. The fourth-order valence-corrected chi connectivity index (χ4v) is 4.63. The molecule has 1 aliphatic carbocycles. The molecule has 2 amide bonds. The Bertz CT molecular complexity index is 920. The van der Waals surface area contributed by atoms with E-state index in [1.165, 1.54) is 12.6 Å². The number of fused-ring (bicyclic) bond motifs is 2. The van der Waals surface area contributed by atoms with Crippen LogP contribution in [-0.2, 0) is 16.0 Å². The lowest BCUT2D eigenvalue weighted by molar-refractivity contribution is -0.149.